The van der Waals surface area contributed by atoms with Crippen LogP contribution in [0.25, 0.3) is 0 Å². The fraction of sp³-hybridized carbons (Fsp3) is 0.636. The van der Waals surface area contributed by atoms with Crippen LogP contribution in [-0.2, 0) is 0 Å². The molecule has 1 nitrogen and oxygen atoms in total. The van der Waals surface area contributed by atoms with Gasteiger partial charge in [-0.2, -0.15) is 11.3 Å². The topological polar surface area (TPSA) is 12.0 Å². The fourth-order valence-corrected chi connectivity index (χ4v) is 3.14. The molecule has 0 fully saturated rings. The van der Waals surface area contributed by atoms with Gasteiger partial charge in [-0.3, -0.25) is 0 Å². The van der Waals surface area contributed by atoms with Gasteiger partial charge < -0.3 is 5.32 Å². The van der Waals surface area contributed by atoms with E-state index < -0.39 is 0 Å². The van der Waals surface area contributed by atoms with E-state index in [-0.39, 0.29) is 5.41 Å². The predicted octanol–water partition coefficient (Wildman–Crippen LogP) is 4.21. The number of nitrogens with one attached hydrogen (secondary N) is 1. The summed E-state index contributed by atoms with van der Waals surface area (Å²) in [5.41, 5.74) is 1.63. The monoisotopic (exact) mass is 275 g/mol. The molecule has 0 saturated carbocycles. The minimum Gasteiger partial charge on any atom is -0.310 e. The van der Waals surface area contributed by atoms with Crippen LogP contribution in [0.3, 0.4) is 0 Å². The molecule has 14 heavy (non-hydrogen) atoms. The lowest BCUT2D eigenvalue weighted by molar-refractivity contribution is 0.276. The maximum atomic E-state index is 3.60. The third kappa shape index (κ3) is 2.81. The lowest BCUT2D eigenvalue weighted by atomic mass is 9.83. The maximum Gasteiger partial charge on any atom is 0.0388 e. The summed E-state index contributed by atoms with van der Waals surface area (Å²) < 4.78 is 1.23. The summed E-state index contributed by atoms with van der Waals surface area (Å²) in [5.74, 6) is 0. The van der Waals surface area contributed by atoms with Gasteiger partial charge in [-0.15, -0.1) is 0 Å². The molecule has 1 aromatic heterocycles. The van der Waals surface area contributed by atoms with E-state index in [9.17, 15) is 0 Å². The molecule has 0 saturated heterocycles. The highest BCUT2D eigenvalue weighted by Crippen LogP contribution is 2.37. The summed E-state index contributed by atoms with van der Waals surface area (Å²) in [6, 6.07) is 0.424. The van der Waals surface area contributed by atoms with Gasteiger partial charge in [0.15, 0.2) is 0 Å². The Balaban J connectivity index is 2.95. The minimum absolute atomic E-state index is 0.250. The summed E-state index contributed by atoms with van der Waals surface area (Å²) in [4.78, 5) is 0. The van der Waals surface area contributed by atoms with Crippen LogP contribution < -0.4 is 5.32 Å². The Labute approximate surface area is 99.0 Å². The molecule has 1 atom stereocenters. The molecule has 0 amide bonds. The number of hydrogen-bond donors (Lipinski definition) is 1. The summed E-state index contributed by atoms with van der Waals surface area (Å²) in [7, 11) is 0. The van der Waals surface area contributed by atoms with Gasteiger partial charge >= 0.3 is 0 Å². The SMILES string of the molecule is CCNC(c1cscc1Br)C(C)(C)C. The molecule has 1 unspecified atom stereocenters. The molecule has 0 aromatic carbocycles. The Morgan fingerprint density at radius 1 is 1.43 bits per heavy atom. The quantitative estimate of drug-likeness (QED) is 0.872. The Kier molecular flexibility index (Phi) is 4.16. The van der Waals surface area contributed by atoms with Gasteiger partial charge in [0.2, 0.25) is 0 Å². The second-order valence-electron chi connectivity index (χ2n) is 4.53. The molecule has 80 valence electrons. The Morgan fingerprint density at radius 3 is 2.43 bits per heavy atom. The van der Waals surface area contributed by atoms with Gasteiger partial charge in [0.1, 0.15) is 0 Å². The standard InChI is InChI=1S/C11H18BrNS/c1-5-13-10(11(2,3)4)8-6-14-7-9(8)12/h6-7,10,13H,5H2,1-4H3. The van der Waals surface area contributed by atoms with Crippen molar-refractivity contribution >= 4 is 27.3 Å². The lowest BCUT2D eigenvalue weighted by Crippen LogP contribution is -2.32. The third-order valence-electron chi connectivity index (χ3n) is 2.23. The van der Waals surface area contributed by atoms with Gasteiger partial charge in [0.25, 0.3) is 0 Å². The van der Waals surface area contributed by atoms with Crippen molar-refractivity contribution in [1.82, 2.24) is 5.32 Å². The number of thiophene rings is 1. The highest BCUT2D eigenvalue weighted by Gasteiger charge is 2.27. The molecule has 0 radical (unpaired) electrons. The van der Waals surface area contributed by atoms with E-state index in [4.69, 9.17) is 0 Å². The number of hydrogen-bond acceptors (Lipinski definition) is 2. The summed E-state index contributed by atoms with van der Waals surface area (Å²) >= 11 is 5.35. The second kappa shape index (κ2) is 4.77. The minimum atomic E-state index is 0.250. The van der Waals surface area contributed by atoms with E-state index in [0.29, 0.717) is 6.04 Å². The zero-order valence-electron chi connectivity index (χ0n) is 9.23. The van der Waals surface area contributed by atoms with Gasteiger partial charge in [0, 0.05) is 15.9 Å². The van der Waals surface area contributed by atoms with Crippen LogP contribution in [-0.4, -0.2) is 6.54 Å². The van der Waals surface area contributed by atoms with E-state index in [0.717, 1.165) is 6.54 Å². The van der Waals surface area contributed by atoms with Crippen molar-refractivity contribution in [2.45, 2.75) is 33.7 Å². The number of halogens is 1. The van der Waals surface area contributed by atoms with Gasteiger partial charge in [-0.25, -0.2) is 0 Å². The summed E-state index contributed by atoms with van der Waals surface area (Å²) in [6.45, 7) is 9.96. The molecule has 0 aliphatic carbocycles. The van der Waals surface area contributed by atoms with Crippen LogP contribution >= 0.6 is 27.3 Å². The zero-order valence-corrected chi connectivity index (χ0v) is 11.6. The Morgan fingerprint density at radius 2 is 2.07 bits per heavy atom. The van der Waals surface area contributed by atoms with Crippen molar-refractivity contribution in [2.24, 2.45) is 5.41 Å². The van der Waals surface area contributed by atoms with Crippen molar-refractivity contribution in [1.29, 1.82) is 0 Å². The summed E-state index contributed by atoms with van der Waals surface area (Å²) in [5, 5.41) is 7.91. The predicted molar refractivity (Wildman–Crippen MR) is 67.9 cm³/mol. The highest BCUT2D eigenvalue weighted by molar-refractivity contribution is 9.10. The Bertz CT molecular complexity index is 288. The third-order valence-corrected chi connectivity index (χ3v) is 3.98. The van der Waals surface area contributed by atoms with Crippen LogP contribution in [0.15, 0.2) is 15.2 Å². The first kappa shape index (κ1) is 12.2. The zero-order chi connectivity index (χ0) is 10.8. The Hall–Kier alpha value is 0.140. The van der Waals surface area contributed by atoms with E-state index in [2.05, 4.69) is 59.7 Å². The molecular weight excluding hydrogens is 258 g/mol. The molecular formula is C11H18BrNS. The average Bonchev–Trinajstić information content (AvgIpc) is 2.45. The smallest absolute Gasteiger partial charge is 0.0388 e. The number of rotatable bonds is 3. The average molecular weight is 276 g/mol. The fourth-order valence-electron chi connectivity index (χ4n) is 1.58. The molecule has 1 heterocycles. The summed E-state index contributed by atoms with van der Waals surface area (Å²) in [6.07, 6.45) is 0. The van der Waals surface area contributed by atoms with E-state index >= 15 is 0 Å². The first-order valence-corrected chi connectivity index (χ1v) is 6.65. The van der Waals surface area contributed by atoms with Gasteiger partial charge in [-0.05, 0) is 38.8 Å². The molecule has 1 aromatic rings. The largest absolute Gasteiger partial charge is 0.310 e. The first-order valence-electron chi connectivity index (χ1n) is 4.91. The van der Waals surface area contributed by atoms with Crippen LogP contribution in [0.5, 0.6) is 0 Å². The molecule has 0 bridgehead atoms. The first-order chi connectivity index (χ1) is 6.46. The molecule has 3 heteroatoms. The highest BCUT2D eigenvalue weighted by atomic mass is 79.9. The van der Waals surface area contributed by atoms with E-state index in [1.807, 2.05) is 0 Å². The normalized spacial score (nSPS) is 14.4. The van der Waals surface area contributed by atoms with E-state index in [1.54, 1.807) is 11.3 Å². The van der Waals surface area contributed by atoms with Crippen LogP contribution in [0.1, 0.15) is 39.3 Å². The molecule has 1 rings (SSSR count). The van der Waals surface area contributed by atoms with Crippen molar-refractivity contribution in [3.8, 4) is 0 Å². The van der Waals surface area contributed by atoms with Crippen molar-refractivity contribution in [2.75, 3.05) is 6.54 Å². The van der Waals surface area contributed by atoms with Crippen molar-refractivity contribution in [3.05, 3.63) is 20.8 Å². The van der Waals surface area contributed by atoms with Gasteiger partial charge in [0.05, 0.1) is 0 Å². The van der Waals surface area contributed by atoms with Crippen LogP contribution in [0.4, 0.5) is 0 Å². The van der Waals surface area contributed by atoms with Gasteiger partial charge in [-0.1, -0.05) is 27.7 Å². The molecule has 1 N–H and O–H groups in total. The second-order valence-corrected chi connectivity index (χ2v) is 6.13. The van der Waals surface area contributed by atoms with Crippen molar-refractivity contribution < 1.29 is 0 Å². The van der Waals surface area contributed by atoms with Crippen LogP contribution in [0.2, 0.25) is 0 Å². The lowest BCUT2D eigenvalue weighted by Gasteiger charge is -2.31. The molecule has 0 aliphatic heterocycles. The maximum absolute atomic E-state index is 3.60. The van der Waals surface area contributed by atoms with Crippen LogP contribution in [0, 0.1) is 5.41 Å². The molecule has 0 spiro atoms. The molecule has 0 aliphatic rings. The van der Waals surface area contributed by atoms with Crippen molar-refractivity contribution in [3.63, 3.8) is 0 Å². The van der Waals surface area contributed by atoms with E-state index in [1.165, 1.54) is 10.0 Å².